The van der Waals surface area contributed by atoms with Gasteiger partial charge in [0.05, 0.1) is 20.1 Å². The van der Waals surface area contributed by atoms with Gasteiger partial charge in [-0.15, -0.1) is 0 Å². The van der Waals surface area contributed by atoms with Crippen LogP contribution in [-0.2, 0) is 4.79 Å². The lowest BCUT2D eigenvalue weighted by Crippen LogP contribution is -2.51. The number of nitrogens with one attached hydrogen (secondary N) is 1. The zero-order valence-corrected chi connectivity index (χ0v) is 12.0. The van der Waals surface area contributed by atoms with Crippen LogP contribution in [0.4, 0.5) is 14.5 Å². The number of halogens is 2. The van der Waals surface area contributed by atoms with Crippen molar-refractivity contribution in [3.8, 4) is 0 Å². The zero-order valence-electron chi connectivity index (χ0n) is 12.0. The average molecular weight is 283 g/mol. The summed E-state index contributed by atoms with van der Waals surface area (Å²) in [6, 6.07) is 3.89. The lowest BCUT2D eigenvalue weighted by Gasteiger charge is -2.35. The molecule has 0 spiro atoms. The number of likely N-dealkylation sites (N-methyl/N-ethyl adjacent to an activating group) is 1. The highest BCUT2D eigenvalue weighted by atomic mass is 19.2. The first-order chi connectivity index (χ1) is 9.38. The maximum absolute atomic E-state index is 13.1. The maximum atomic E-state index is 13.1. The highest BCUT2D eigenvalue weighted by molar-refractivity contribution is 5.91. The zero-order chi connectivity index (χ0) is 14.8. The van der Waals surface area contributed by atoms with E-state index in [2.05, 4.69) is 5.32 Å². The van der Waals surface area contributed by atoms with Crippen molar-refractivity contribution in [3.05, 3.63) is 29.8 Å². The van der Waals surface area contributed by atoms with Gasteiger partial charge in [-0.25, -0.2) is 8.78 Å². The van der Waals surface area contributed by atoms with Crippen LogP contribution in [0.5, 0.6) is 0 Å². The standard InChI is InChI=1S/C15H20F2N2O/c1-19(2,12-5-3-4-6-12)10-15(20)18-11-7-8-13(16)14(17)9-11/h7-9,12H,3-6,10H2,1-2H3/p+1. The number of hydrogen-bond donors (Lipinski definition) is 1. The Kier molecular flexibility index (Phi) is 4.38. The van der Waals surface area contributed by atoms with Gasteiger partial charge in [0.25, 0.3) is 5.91 Å². The Bertz CT molecular complexity index is 497. The minimum absolute atomic E-state index is 0.173. The van der Waals surface area contributed by atoms with Gasteiger partial charge in [-0.2, -0.15) is 0 Å². The fraction of sp³-hybridized carbons (Fsp3) is 0.533. The van der Waals surface area contributed by atoms with Gasteiger partial charge in [0.2, 0.25) is 0 Å². The van der Waals surface area contributed by atoms with E-state index in [0.717, 1.165) is 25.0 Å². The first kappa shape index (κ1) is 14.9. The van der Waals surface area contributed by atoms with Crippen molar-refractivity contribution in [2.75, 3.05) is 26.0 Å². The minimum atomic E-state index is -0.952. The summed E-state index contributed by atoms with van der Waals surface area (Å²) in [4.78, 5) is 12.0. The fourth-order valence-corrected chi connectivity index (χ4v) is 2.88. The highest BCUT2D eigenvalue weighted by Gasteiger charge is 2.32. The highest BCUT2D eigenvalue weighted by Crippen LogP contribution is 2.26. The van der Waals surface area contributed by atoms with E-state index < -0.39 is 11.6 Å². The first-order valence-corrected chi connectivity index (χ1v) is 6.96. The number of rotatable bonds is 4. The van der Waals surface area contributed by atoms with Gasteiger partial charge in [0.15, 0.2) is 18.2 Å². The lowest BCUT2D eigenvalue weighted by molar-refractivity contribution is -0.906. The van der Waals surface area contributed by atoms with Crippen LogP contribution in [-0.4, -0.2) is 37.1 Å². The molecule has 1 aliphatic carbocycles. The van der Waals surface area contributed by atoms with E-state index in [9.17, 15) is 13.6 Å². The summed E-state index contributed by atoms with van der Waals surface area (Å²) in [7, 11) is 4.08. The summed E-state index contributed by atoms with van der Waals surface area (Å²) in [5.74, 6) is -2.04. The van der Waals surface area contributed by atoms with Crippen molar-refractivity contribution in [3.63, 3.8) is 0 Å². The van der Waals surface area contributed by atoms with E-state index in [4.69, 9.17) is 0 Å². The van der Waals surface area contributed by atoms with Crippen molar-refractivity contribution in [1.29, 1.82) is 0 Å². The number of quaternary nitrogens is 1. The second kappa shape index (κ2) is 5.87. The molecule has 1 amide bonds. The van der Waals surface area contributed by atoms with Gasteiger partial charge in [-0.05, 0) is 37.8 Å². The Morgan fingerprint density at radius 3 is 2.50 bits per heavy atom. The van der Waals surface area contributed by atoms with Gasteiger partial charge in [-0.1, -0.05) is 0 Å². The van der Waals surface area contributed by atoms with Crippen LogP contribution >= 0.6 is 0 Å². The predicted molar refractivity (Wildman–Crippen MR) is 74.2 cm³/mol. The van der Waals surface area contributed by atoms with E-state index >= 15 is 0 Å². The number of benzene rings is 1. The SMILES string of the molecule is C[N+](C)(CC(=O)Nc1ccc(F)c(F)c1)C1CCCC1. The molecule has 0 radical (unpaired) electrons. The van der Waals surface area contributed by atoms with Crippen LogP contribution < -0.4 is 5.32 Å². The molecule has 5 heteroatoms. The third-order valence-corrected chi connectivity index (χ3v) is 4.07. The van der Waals surface area contributed by atoms with E-state index in [1.165, 1.54) is 18.9 Å². The Hall–Kier alpha value is -1.49. The molecule has 0 bridgehead atoms. The Morgan fingerprint density at radius 1 is 1.25 bits per heavy atom. The largest absolute Gasteiger partial charge is 0.321 e. The Labute approximate surface area is 118 Å². The minimum Gasteiger partial charge on any atom is -0.321 e. The molecule has 1 saturated carbocycles. The third-order valence-electron chi connectivity index (χ3n) is 4.07. The molecule has 20 heavy (non-hydrogen) atoms. The summed E-state index contributed by atoms with van der Waals surface area (Å²) >= 11 is 0. The van der Waals surface area contributed by atoms with Crippen LogP contribution in [0.2, 0.25) is 0 Å². The number of nitrogens with zero attached hydrogens (tertiary/aromatic N) is 1. The molecule has 1 N–H and O–H groups in total. The van der Waals surface area contributed by atoms with Gasteiger partial charge < -0.3 is 9.80 Å². The van der Waals surface area contributed by atoms with Gasteiger partial charge in [0, 0.05) is 11.8 Å². The monoisotopic (exact) mass is 283 g/mol. The van der Waals surface area contributed by atoms with E-state index in [-0.39, 0.29) is 5.91 Å². The van der Waals surface area contributed by atoms with Crippen LogP contribution in [0.3, 0.4) is 0 Å². The van der Waals surface area contributed by atoms with Gasteiger partial charge in [0.1, 0.15) is 0 Å². The molecule has 0 atom stereocenters. The first-order valence-electron chi connectivity index (χ1n) is 6.96. The molecule has 1 fully saturated rings. The molecule has 0 heterocycles. The molecule has 0 saturated heterocycles. The number of amides is 1. The van der Waals surface area contributed by atoms with Crippen LogP contribution in [0, 0.1) is 11.6 Å². The van der Waals surface area contributed by atoms with Crippen molar-refractivity contribution in [2.45, 2.75) is 31.7 Å². The van der Waals surface area contributed by atoms with Crippen LogP contribution in [0.25, 0.3) is 0 Å². The van der Waals surface area contributed by atoms with Crippen LogP contribution in [0.15, 0.2) is 18.2 Å². The Morgan fingerprint density at radius 2 is 1.90 bits per heavy atom. The van der Waals surface area contributed by atoms with Crippen molar-refractivity contribution < 1.29 is 18.1 Å². The second-order valence-electron chi connectivity index (χ2n) is 6.05. The van der Waals surface area contributed by atoms with Gasteiger partial charge >= 0.3 is 0 Å². The topological polar surface area (TPSA) is 29.1 Å². The average Bonchev–Trinajstić information content (AvgIpc) is 2.87. The summed E-state index contributed by atoms with van der Waals surface area (Å²) in [5, 5.41) is 2.63. The molecule has 110 valence electrons. The number of anilines is 1. The fourth-order valence-electron chi connectivity index (χ4n) is 2.88. The molecule has 1 aromatic rings. The second-order valence-corrected chi connectivity index (χ2v) is 6.05. The molecule has 1 aliphatic rings. The van der Waals surface area contributed by atoms with Crippen molar-refractivity contribution in [2.24, 2.45) is 0 Å². The lowest BCUT2D eigenvalue weighted by atomic mass is 10.2. The predicted octanol–water partition coefficient (Wildman–Crippen LogP) is 2.92. The normalized spacial score (nSPS) is 16.4. The molecular formula is C15H21F2N2O+. The summed E-state index contributed by atoms with van der Waals surface area (Å²) < 4.78 is 26.5. The molecule has 2 rings (SSSR count). The number of carbonyl (C=O) groups excluding carboxylic acids is 1. The van der Waals surface area contributed by atoms with E-state index in [1.54, 1.807) is 0 Å². The molecule has 0 aromatic heterocycles. The molecule has 3 nitrogen and oxygen atoms in total. The molecule has 0 aliphatic heterocycles. The van der Waals surface area contributed by atoms with Gasteiger partial charge in [-0.3, -0.25) is 4.79 Å². The molecular weight excluding hydrogens is 262 g/mol. The maximum Gasteiger partial charge on any atom is 0.279 e. The summed E-state index contributed by atoms with van der Waals surface area (Å²) in [5.41, 5.74) is 0.292. The summed E-state index contributed by atoms with van der Waals surface area (Å²) in [6.07, 6.45) is 4.73. The van der Waals surface area contributed by atoms with E-state index in [0.29, 0.717) is 22.8 Å². The summed E-state index contributed by atoms with van der Waals surface area (Å²) in [6.45, 7) is 0.337. The molecule has 0 unspecified atom stereocenters. The third kappa shape index (κ3) is 3.54. The van der Waals surface area contributed by atoms with Crippen LogP contribution in [0.1, 0.15) is 25.7 Å². The van der Waals surface area contributed by atoms with Crippen molar-refractivity contribution in [1.82, 2.24) is 0 Å². The Balaban J connectivity index is 1.96. The smallest absolute Gasteiger partial charge is 0.279 e. The quantitative estimate of drug-likeness (QED) is 0.846. The van der Waals surface area contributed by atoms with E-state index in [1.807, 2.05) is 14.1 Å². The molecule has 1 aromatic carbocycles. The number of carbonyl (C=O) groups is 1. The number of hydrogen-bond acceptors (Lipinski definition) is 1. The van der Waals surface area contributed by atoms with Crippen molar-refractivity contribution >= 4 is 11.6 Å².